The number of hydrogen-bond acceptors (Lipinski definition) is 4. The van der Waals surface area contributed by atoms with Gasteiger partial charge in [-0.1, -0.05) is 24.3 Å². The molecule has 0 atom stereocenters. The number of nitrogens with zero attached hydrogens (tertiary/aromatic N) is 4. The van der Waals surface area contributed by atoms with E-state index in [1.54, 1.807) is 0 Å². The second-order valence-electron chi connectivity index (χ2n) is 7.48. The predicted octanol–water partition coefficient (Wildman–Crippen LogP) is 5.58. The van der Waals surface area contributed by atoms with Crippen LogP contribution < -0.4 is 4.74 Å². The molecule has 5 rings (SSSR count). The van der Waals surface area contributed by atoms with Gasteiger partial charge in [-0.15, -0.1) is 0 Å². The van der Waals surface area contributed by atoms with Crippen molar-refractivity contribution in [2.45, 2.75) is 13.5 Å². The summed E-state index contributed by atoms with van der Waals surface area (Å²) in [5, 5.41) is 5.78. The Kier molecular flexibility index (Phi) is 4.92. The standard InChI is InChI=1S/C26H22N4O/c1-18-25(20-13-15-27-16-14-20)26(30(2)29-18)21-8-11-23(12-9-21)31-17-22-10-7-19-5-3-4-6-24(19)28-22/h3-16H,17H2,1-2H3. The van der Waals surface area contributed by atoms with E-state index in [0.717, 1.165) is 50.4 Å². The van der Waals surface area contributed by atoms with Crippen LogP contribution in [-0.2, 0) is 13.7 Å². The van der Waals surface area contributed by atoms with E-state index in [1.807, 2.05) is 79.6 Å². The highest BCUT2D eigenvalue weighted by atomic mass is 16.5. The number of para-hydroxylation sites is 1. The zero-order valence-electron chi connectivity index (χ0n) is 17.5. The summed E-state index contributed by atoms with van der Waals surface area (Å²) in [5.41, 5.74) is 7.28. The number of benzene rings is 2. The Morgan fingerprint density at radius 3 is 2.42 bits per heavy atom. The Morgan fingerprint density at radius 1 is 0.839 bits per heavy atom. The summed E-state index contributed by atoms with van der Waals surface area (Å²) in [6, 6.07) is 24.4. The van der Waals surface area contributed by atoms with Crippen LogP contribution in [-0.4, -0.2) is 19.7 Å². The van der Waals surface area contributed by atoms with Crippen LogP contribution in [0, 0.1) is 6.92 Å². The van der Waals surface area contributed by atoms with E-state index in [9.17, 15) is 0 Å². The maximum Gasteiger partial charge on any atom is 0.130 e. The smallest absolute Gasteiger partial charge is 0.130 e. The minimum Gasteiger partial charge on any atom is -0.487 e. The SMILES string of the molecule is Cc1nn(C)c(-c2ccc(OCc3ccc4ccccc4n3)cc2)c1-c1ccncc1. The summed E-state index contributed by atoms with van der Waals surface area (Å²) < 4.78 is 7.92. The first-order valence-corrected chi connectivity index (χ1v) is 10.2. The van der Waals surface area contributed by atoms with Gasteiger partial charge in [-0.3, -0.25) is 9.67 Å². The molecule has 5 aromatic rings. The predicted molar refractivity (Wildman–Crippen MR) is 123 cm³/mol. The molecule has 0 bridgehead atoms. The van der Waals surface area contributed by atoms with Gasteiger partial charge in [0, 0.05) is 36.0 Å². The van der Waals surface area contributed by atoms with Crippen LogP contribution in [0.2, 0.25) is 0 Å². The number of aryl methyl sites for hydroxylation is 2. The third kappa shape index (κ3) is 3.78. The van der Waals surface area contributed by atoms with Crippen LogP contribution >= 0.6 is 0 Å². The lowest BCUT2D eigenvalue weighted by atomic mass is 10.00. The molecule has 0 saturated carbocycles. The molecule has 152 valence electrons. The minimum absolute atomic E-state index is 0.428. The molecule has 3 aromatic heterocycles. The molecule has 0 N–H and O–H groups in total. The average Bonchev–Trinajstić information content (AvgIpc) is 3.12. The molecule has 0 spiro atoms. The summed E-state index contributed by atoms with van der Waals surface area (Å²) in [6.45, 7) is 2.46. The quantitative estimate of drug-likeness (QED) is 0.382. The average molecular weight is 406 g/mol. The van der Waals surface area contributed by atoms with Crippen molar-refractivity contribution in [2.24, 2.45) is 7.05 Å². The fraction of sp³-hybridized carbons (Fsp3) is 0.115. The number of aromatic nitrogens is 4. The number of hydrogen-bond donors (Lipinski definition) is 0. The van der Waals surface area contributed by atoms with Crippen LogP contribution in [0.5, 0.6) is 5.75 Å². The topological polar surface area (TPSA) is 52.8 Å². The first-order valence-electron chi connectivity index (χ1n) is 10.2. The summed E-state index contributed by atoms with van der Waals surface area (Å²) in [4.78, 5) is 8.81. The molecule has 2 aromatic carbocycles. The highest BCUT2D eigenvalue weighted by Crippen LogP contribution is 2.34. The molecule has 0 aliphatic carbocycles. The fourth-order valence-corrected chi connectivity index (χ4v) is 3.91. The van der Waals surface area contributed by atoms with Crippen LogP contribution in [0.1, 0.15) is 11.4 Å². The lowest BCUT2D eigenvalue weighted by Crippen LogP contribution is -1.99. The van der Waals surface area contributed by atoms with Gasteiger partial charge in [-0.25, -0.2) is 4.98 Å². The molecule has 0 radical (unpaired) electrons. The summed E-state index contributed by atoms with van der Waals surface area (Å²) in [5.74, 6) is 0.808. The Morgan fingerprint density at radius 2 is 1.61 bits per heavy atom. The summed E-state index contributed by atoms with van der Waals surface area (Å²) >= 11 is 0. The van der Waals surface area contributed by atoms with Gasteiger partial charge in [0.15, 0.2) is 0 Å². The zero-order valence-corrected chi connectivity index (χ0v) is 17.5. The van der Waals surface area contributed by atoms with Crippen LogP contribution in [0.3, 0.4) is 0 Å². The molecule has 5 nitrogen and oxygen atoms in total. The van der Waals surface area contributed by atoms with Crippen LogP contribution in [0.25, 0.3) is 33.3 Å². The Bertz CT molecular complexity index is 1340. The Labute approximate surface area is 181 Å². The second-order valence-corrected chi connectivity index (χ2v) is 7.48. The first-order chi connectivity index (χ1) is 15.2. The number of fused-ring (bicyclic) bond motifs is 1. The van der Waals surface area contributed by atoms with Crippen molar-refractivity contribution in [1.29, 1.82) is 0 Å². The fourth-order valence-electron chi connectivity index (χ4n) is 3.91. The van der Waals surface area contributed by atoms with Crippen molar-refractivity contribution in [1.82, 2.24) is 19.7 Å². The maximum absolute atomic E-state index is 5.99. The third-order valence-corrected chi connectivity index (χ3v) is 5.36. The zero-order chi connectivity index (χ0) is 21.2. The highest BCUT2D eigenvalue weighted by molar-refractivity contribution is 5.83. The van der Waals surface area contributed by atoms with E-state index < -0.39 is 0 Å². The number of rotatable bonds is 5. The van der Waals surface area contributed by atoms with Crippen molar-refractivity contribution in [2.75, 3.05) is 0 Å². The molecule has 0 unspecified atom stereocenters. The molecule has 5 heteroatoms. The van der Waals surface area contributed by atoms with Gasteiger partial charge in [-0.05, 0) is 61.0 Å². The summed E-state index contributed by atoms with van der Waals surface area (Å²) in [7, 11) is 1.98. The number of pyridine rings is 2. The molecule has 0 aliphatic heterocycles. The molecule has 31 heavy (non-hydrogen) atoms. The van der Waals surface area contributed by atoms with Gasteiger partial charge in [0.2, 0.25) is 0 Å². The van der Waals surface area contributed by atoms with Crippen molar-refractivity contribution in [3.05, 3.63) is 96.6 Å². The van der Waals surface area contributed by atoms with E-state index in [-0.39, 0.29) is 0 Å². The summed E-state index contributed by atoms with van der Waals surface area (Å²) in [6.07, 6.45) is 3.62. The minimum atomic E-state index is 0.428. The normalized spacial score (nSPS) is 11.0. The van der Waals surface area contributed by atoms with Gasteiger partial charge >= 0.3 is 0 Å². The molecule has 0 saturated heterocycles. The Hall–Kier alpha value is -3.99. The first kappa shape index (κ1) is 19.0. The van der Waals surface area contributed by atoms with Gasteiger partial charge in [0.1, 0.15) is 12.4 Å². The van der Waals surface area contributed by atoms with Crippen molar-refractivity contribution < 1.29 is 4.74 Å². The lowest BCUT2D eigenvalue weighted by molar-refractivity contribution is 0.302. The molecular formula is C26H22N4O. The van der Waals surface area contributed by atoms with Gasteiger partial charge in [0.05, 0.1) is 22.6 Å². The maximum atomic E-state index is 5.99. The highest BCUT2D eigenvalue weighted by Gasteiger charge is 2.16. The molecule has 0 fully saturated rings. The van der Waals surface area contributed by atoms with E-state index in [0.29, 0.717) is 6.61 Å². The molecular weight excluding hydrogens is 384 g/mol. The van der Waals surface area contributed by atoms with Crippen molar-refractivity contribution >= 4 is 10.9 Å². The lowest BCUT2D eigenvalue weighted by Gasteiger charge is -2.10. The molecule has 0 aliphatic rings. The van der Waals surface area contributed by atoms with Crippen LogP contribution in [0.15, 0.2) is 85.2 Å². The molecule has 0 amide bonds. The number of ether oxygens (including phenoxy) is 1. The van der Waals surface area contributed by atoms with Gasteiger partial charge in [-0.2, -0.15) is 5.10 Å². The van der Waals surface area contributed by atoms with Gasteiger partial charge < -0.3 is 4.74 Å². The Balaban J connectivity index is 1.38. The van der Waals surface area contributed by atoms with E-state index in [2.05, 4.69) is 39.3 Å². The van der Waals surface area contributed by atoms with Gasteiger partial charge in [0.25, 0.3) is 0 Å². The van der Waals surface area contributed by atoms with E-state index in [1.165, 1.54) is 0 Å². The largest absolute Gasteiger partial charge is 0.487 e. The van der Waals surface area contributed by atoms with E-state index in [4.69, 9.17) is 4.74 Å². The van der Waals surface area contributed by atoms with E-state index >= 15 is 0 Å². The molecule has 3 heterocycles. The van der Waals surface area contributed by atoms with Crippen molar-refractivity contribution in [3.63, 3.8) is 0 Å². The third-order valence-electron chi connectivity index (χ3n) is 5.36. The monoisotopic (exact) mass is 406 g/mol. The van der Waals surface area contributed by atoms with Crippen LogP contribution in [0.4, 0.5) is 0 Å². The second kappa shape index (κ2) is 8.03. The van der Waals surface area contributed by atoms with Crippen molar-refractivity contribution in [3.8, 4) is 28.1 Å².